The Labute approximate surface area is 79.7 Å². The van der Waals surface area contributed by atoms with Crippen LogP contribution in [0.3, 0.4) is 0 Å². The minimum absolute atomic E-state index is 0.863. The van der Waals surface area contributed by atoms with Gasteiger partial charge in [0, 0.05) is 6.04 Å². The predicted octanol–water partition coefficient (Wildman–Crippen LogP) is 2.27. The van der Waals surface area contributed by atoms with E-state index in [9.17, 15) is 0 Å². The lowest BCUT2D eigenvalue weighted by Gasteiger charge is -2.21. The first kappa shape index (κ1) is 8.89. The zero-order valence-corrected chi connectivity index (χ0v) is 8.54. The van der Waals surface area contributed by atoms with Gasteiger partial charge >= 0.3 is 0 Å². The Morgan fingerprint density at radius 3 is 2.92 bits per heavy atom. The van der Waals surface area contributed by atoms with E-state index in [1.54, 1.807) is 0 Å². The van der Waals surface area contributed by atoms with Gasteiger partial charge in [0.25, 0.3) is 0 Å². The molecule has 0 saturated carbocycles. The lowest BCUT2D eigenvalue weighted by Crippen LogP contribution is -2.35. The van der Waals surface area contributed by atoms with Crippen LogP contribution in [-0.2, 0) is 0 Å². The van der Waals surface area contributed by atoms with Crippen LogP contribution in [0.5, 0.6) is 0 Å². The highest BCUT2D eigenvalue weighted by atomic mass is 32.2. The molecular formula is C10H19NS. The fourth-order valence-electron chi connectivity index (χ4n) is 2.33. The molecule has 0 aliphatic carbocycles. The lowest BCUT2D eigenvalue weighted by atomic mass is 9.95. The van der Waals surface area contributed by atoms with Crippen LogP contribution in [0.25, 0.3) is 0 Å². The summed E-state index contributed by atoms with van der Waals surface area (Å²) in [4.78, 5) is 0. The topological polar surface area (TPSA) is 12.0 Å². The standard InChI is InChI=1S/C10H19NS/c1-2-4-10(11-6-3-1)9-5-7-12-8-9/h9-11H,1-8H2. The predicted molar refractivity (Wildman–Crippen MR) is 55.7 cm³/mol. The van der Waals surface area contributed by atoms with Crippen molar-refractivity contribution < 1.29 is 0 Å². The van der Waals surface area contributed by atoms with Crippen LogP contribution in [0.1, 0.15) is 32.1 Å². The Morgan fingerprint density at radius 1 is 1.08 bits per heavy atom. The molecule has 2 fully saturated rings. The van der Waals surface area contributed by atoms with Gasteiger partial charge in [0.1, 0.15) is 0 Å². The lowest BCUT2D eigenvalue weighted by molar-refractivity contribution is 0.377. The molecule has 0 bridgehead atoms. The van der Waals surface area contributed by atoms with Crippen molar-refractivity contribution in [3.05, 3.63) is 0 Å². The zero-order valence-electron chi connectivity index (χ0n) is 7.72. The van der Waals surface area contributed by atoms with Crippen molar-refractivity contribution in [2.45, 2.75) is 38.1 Å². The summed E-state index contributed by atoms with van der Waals surface area (Å²) in [6, 6.07) is 0.863. The molecule has 0 radical (unpaired) electrons. The first-order valence-electron chi connectivity index (χ1n) is 5.28. The van der Waals surface area contributed by atoms with E-state index in [1.807, 2.05) is 0 Å². The van der Waals surface area contributed by atoms with E-state index in [2.05, 4.69) is 17.1 Å². The van der Waals surface area contributed by atoms with Gasteiger partial charge in [-0.25, -0.2) is 0 Å². The summed E-state index contributed by atoms with van der Waals surface area (Å²) >= 11 is 2.14. The Balaban J connectivity index is 1.83. The average molecular weight is 185 g/mol. The maximum atomic E-state index is 3.71. The number of hydrogen-bond donors (Lipinski definition) is 1. The second-order valence-corrected chi connectivity index (χ2v) is 5.18. The molecule has 2 rings (SSSR count). The molecule has 0 amide bonds. The van der Waals surface area contributed by atoms with Gasteiger partial charge < -0.3 is 5.32 Å². The molecule has 1 nitrogen and oxygen atoms in total. The highest BCUT2D eigenvalue weighted by molar-refractivity contribution is 7.99. The summed E-state index contributed by atoms with van der Waals surface area (Å²) in [5, 5.41) is 3.71. The summed E-state index contributed by atoms with van der Waals surface area (Å²) in [5.74, 6) is 3.81. The minimum Gasteiger partial charge on any atom is -0.314 e. The average Bonchev–Trinajstić information content (AvgIpc) is 2.48. The van der Waals surface area contributed by atoms with E-state index >= 15 is 0 Å². The van der Waals surface area contributed by atoms with Crippen molar-refractivity contribution in [1.82, 2.24) is 5.32 Å². The third kappa shape index (κ3) is 2.17. The van der Waals surface area contributed by atoms with E-state index in [0.29, 0.717) is 0 Å². The van der Waals surface area contributed by atoms with E-state index in [-0.39, 0.29) is 0 Å². The summed E-state index contributed by atoms with van der Waals surface area (Å²) in [6.45, 7) is 1.27. The largest absolute Gasteiger partial charge is 0.314 e. The highest BCUT2D eigenvalue weighted by Gasteiger charge is 2.25. The molecule has 2 saturated heterocycles. The van der Waals surface area contributed by atoms with Gasteiger partial charge in [-0.3, -0.25) is 0 Å². The third-order valence-corrected chi connectivity index (χ3v) is 4.32. The molecule has 2 heterocycles. The Bertz CT molecular complexity index is 124. The van der Waals surface area contributed by atoms with Gasteiger partial charge in [-0.15, -0.1) is 0 Å². The van der Waals surface area contributed by atoms with Crippen molar-refractivity contribution in [3.8, 4) is 0 Å². The maximum Gasteiger partial charge on any atom is 0.0103 e. The van der Waals surface area contributed by atoms with Gasteiger partial charge in [0.05, 0.1) is 0 Å². The van der Waals surface area contributed by atoms with Crippen LogP contribution in [0.4, 0.5) is 0 Å². The van der Waals surface area contributed by atoms with Gasteiger partial charge in [-0.05, 0) is 43.2 Å². The summed E-state index contributed by atoms with van der Waals surface area (Å²) in [5.41, 5.74) is 0. The molecule has 70 valence electrons. The van der Waals surface area contributed by atoms with E-state index < -0.39 is 0 Å². The first-order chi connectivity index (χ1) is 5.97. The number of nitrogens with one attached hydrogen (secondary N) is 1. The van der Waals surface area contributed by atoms with Crippen molar-refractivity contribution in [2.24, 2.45) is 5.92 Å². The minimum atomic E-state index is 0.863. The molecule has 0 aromatic carbocycles. The van der Waals surface area contributed by atoms with Crippen molar-refractivity contribution in [3.63, 3.8) is 0 Å². The highest BCUT2D eigenvalue weighted by Crippen LogP contribution is 2.29. The van der Waals surface area contributed by atoms with Crippen molar-refractivity contribution >= 4 is 11.8 Å². The van der Waals surface area contributed by atoms with E-state index in [4.69, 9.17) is 0 Å². The molecule has 0 aromatic heterocycles. The van der Waals surface area contributed by atoms with E-state index in [0.717, 1.165) is 12.0 Å². The first-order valence-corrected chi connectivity index (χ1v) is 6.43. The third-order valence-electron chi connectivity index (χ3n) is 3.13. The number of rotatable bonds is 1. The van der Waals surface area contributed by atoms with Gasteiger partial charge in [-0.2, -0.15) is 11.8 Å². The van der Waals surface area contributed by atoms with Gasteiger partial charge in [0.15, 0.2) is 0 Å². The monoisotopic (exact) mass is 185 g/mol. The quantitative estimate of drug-likeness (QED) is 0.672. The summed E-state index contributed by atoms with van der Waals surface area (Å²) in [7, 11) is 0. The van der Waals surface area contributed by atoms with Crippen LogP contribution < -0.4 is 5.32 Å². The second kappa shape index (κ2) is 4.52. The molecule has 2 atom stereocenters. The Kier molecular flexibility index (Phi) is 3.35. The summed E-state index contributed by atoms with van der Waals surface area (Å²) in [6.07, 6.45) is 7.20. The molecule has 12 heavy (non-hydrogen) atoms. The number of thioether (sulfide) groups is 1. The molecule has 2 aliphatic heterocycles. The molecule has 2 heteroatoms. The molecule has 0 spiro atoms. The zero-order chi connectivity index (χ0) is 8.23. The van der Waals surface area contributed by atoms with Crippen LogP contribution in [0, 0.1) is 5.92 Å². The van der Waals surface area contributed by atoms with Crippen LogP contribution in [-0.4, -0.2) is 24.1 Å². The van der Waals surface area contributed by atoms with E-state index in [1.165, 1.54) is 50.2 Å². The molecular weight excluding hydrogens is 166 g/mol. The number of hydrogen-bond acceptors (Lipinski definition) is 2. The van der Waals surface area contributed by atoms with Gasteiger partial charge in [-0.1, -0.05) is 12.8 Å². The van der Waals surface area contributed by atoms with Gasteiger partial charge in [0.2, 0.25) is 0 Å². The van der Waals surface area contributed by atoms with Crippen molar-refractivity contribution in [1.29, 1.82) is 0 Å². The van der Waals surface area contributed by atoms with Crippen molar-refractivity contribution in [2.75, 3.05) is 18.1 Å². The molecule has 1 N–H and O–H groups in total. The normalized spacial score (nSPS) is 38.0. The van der Waals surface area contributed by atoms with Crippen LogP contribution in [0.2, 0.25) is 0 Å². The molecule has 2 aliphatic rings. The molecule has 0 aromatic rings. The summed E-state index contributed by atoms with van der Waals surface area (Å²) < 4.78 is 0. The SMILES string of the molecule is C1CCNC(C2CCSC2)CC1. The van der Waals surface area contributed by atoms with Crippen LogP contribution >= 0.6 is 11.8 Å². The second-order valence-electron chi connectivity index (χ2n) is 4.03. The maximum absolute atomic E-state index is 3.71. The Hall–Kier alpha value is 0.310. The molecule has 2 unspecified atom stereocenters. The van der Waals surface area contributed by atoms with Crippen LogP contribution in [0.15, 0.2) is 0 Å². The fraction of sp³-hybridized carbons (Fsp3) is 1.00. The fourth-order valence-corrected chi connectivity index (χ4v) is 3.67. The smallest absolute Gasteiger partial charge is 0.0103 e. The Morgan fingerprint density at radius 2 is 2.08 bits per heavy atom.